The van der Waals surface area contributed by atoms with E-state index >= 15 is 0 Å². The number of rotatable bonds is 5. The minimum Gasteiger partial charge on any atom is -0.308 e. The molecular weight excluding hydrogens is 357 g/mol. The molecule has 0 bridgehead atoms. The van der Waals surface area contributed by atoms with Crippen molar-refractivity contribution in [1.29, 1.82) is 0 Å². The number of benzene rings is 1. The lowest BCUT2D eigenvalue weighted by Gasteiger charge is -2.18. The molecule has 7 heteroatoms. The summed E-state index contributed by atoms with van der Waals surface area (Å²) in [6.45, 7) is 0.787. The van der Waals surface area contributed by atoms with E-state index < -0.39 is 12.7 Å². The standard InChI is InChI=1S/C17H18ClF3N2S/c18-15-4-2-1-3-14(15)16-6-5-13(24-16)9-22-12-7-8-23(10-12)11-17(19,20)21/h1-6,12,22H,7-11H2/t12-/m0/s1. The summed E-state index contributed by atoms with van der Waals surface area (Å²) in [4.78, 5) is 3.71. The molecule has 1 aromatic heterocycles. The first kappa shape index (κ1) is 17.7. The van der Waals surface area contributed by atoms with Crippen LogP contribution in [0.15, 0.2) is 36.4 Å². The van der Waals surface area contributed by atoms with Gasteiger partial charge in [-0.2, -0.15) is 13.2 Å². The van der Waals surface area contributed by atoms with E-state index in [2.05, 4.69) is 5.32 Å². The van der Waals surface area contributed by atoms with Crippen LogP contribution in [0.2, 0.25) is 5.02 Å². The second kappa shape index (κ2) is 7.44. The predicted octanol–water partition coefficient (Wildman–Crippen LogP) is 4.79. The topological polar surface area (TPSA) is 15.3 Å². The highest BCUT2D eigenvalue weighted by Gasteiger charge is 2.34. The molecule has 0 spiro atoms. The molecule has 1 atom stereocenters. The van der Waals surface area contributed by atoms with Gasteiger partial charge in [-0.25, -0.2) is 0 Å². The van der Waals surface area contributed by atoms with Gasteiger partial charge in [-0.3, -0.25) is 4.90 Å². The molecule has 1 N–H and O–H groups in total. The molecule has 3 rings (SSSR count). The number of likely N-dealkylation sites (tertiary alicyclic amines) is 1. The molecule has 1 aromatic carbocycles. The van der Waals surface area contributed by atoms with Crippen molar-refractivity contribution >= 4 is 22.9 Å². The van der Waals surface area contributed by atoms with Crippen molar-refractivity contribution in [3.8, 4) is 10.4 Å². The van der Waals surface area contributed by atoms with Gasteiger partial charge in [0.1, 0.15) is 0 Å². The largest absolute Gasteiger partial charge is 0.401 e. The third-order valence-corrected chi connectivity index (χ3v) is 5.49. The van der Waals surface area contributed by atoms with E-state index in [-0.39, 0.29) is 6.04 Å². The van der Waals surface area contributed by atoms with Crippen LogP contribution in [0, 0.1) is 0 Å². The fourth-order valence-corrected chi connectivity index (χ4v) is 4.21. The summed E-state index contributed by atoms with van der Waals surface area (Å²) in [5.41, 5.74) is 1.01. The maximum atomic E-state index is 12.4. The summed E-state index contributed by atoms with van der Waals surface area (Å²) in [5, 5.41) is 4.08. The maximum Gasteiger partial charge on any atom is 0.401 e. The van der Waals surface area contributed by atoms with Crippen molar-refractivity contribution in [3.05, 3.63) is 46.3 Å². The highest BCUT2D eigenvalue weighted by atomic mass is 35.5. The smallest absolute Gasteiger partial charge is 0.308 e. The van der Waals surface area contributed by atoms with Crippen LogP contribution in [0.3, 0.4) is 0 Å². The van der Waals surface area contributed by atoms with E-state index in [4.69, 9.17) is 11.6 Å². The van der Waals surface area contributed by atoms with Crippen LogP contribution in [0.4, 0.5) is 13.2 Å². The Morgan fingerprint density at radius 1 is 1.21 bits per heavy atom. The highest BCUT2D eigenvalue weighted by Crippen LogP contribution is 2.33. The molecule has 2 nitrogen and oxygen atoms in total. The van der Waals surface area contributed by atoms with E-state index in [1.165, 1.54) is 4.90 Å². The highest BCUT2D eigenvalue weighted by molar-refractivity contribution is 7.15. The third-order valence-electron chi connectivity index (χ3n) is 4.04. The third kappa shape index (κ3) is 4.72. The predicted molar refractivity (Wildman–Crippen MR) is 92.5 cm³/mol. The molecule has 0 aliphatic carbocycles. The van der Waals surface area contributed by atoms with Gasteiger partial charge in [0.15, 0.2) is 0 Å². The number of hydrogen-bond acceptors (Lipinski definition) is 3. The molecular formula is C17H18ClF3N2S. The number of nitrogens with zero attached hydrogens (tertiary/aromatic N) is 1. The van der Waals surface area contributed by atoms with E-state index in [0.717, 1.165) is 26.8 Å². The summed E-state index contributed by atoms with van der Waals surface area (Å²) in [6.07, 6.45) is -3.37. The van der Waals surface area contributed by atoms with Crippen LogP contribution < -0.4 is 5.32 Å². The maximum absolute atomic E-state index is 12.4. The number of hydrogen-bond donors (Lipinski definition) is 1. The molecule has 0 saturated carbocycles. The molecule has 0 radical (unpaired) electrons. The lowest BCUT2D eigenvalue weighted by molar-refractivity contribution is -0.143. The first-order chi connectivity index (χ1) is 11.4. The Morgan fingerprint density at radius 3 is 2.75 bits per heavy atom. The second-order valence-corrected chi connectivity index (χ2v) is 7.54. The molecule has 0 amide bonds. The first-order valence-electron chi connectivity index (χ1n) is 7.77. The summed E-state index contributed by atoms with van der Waals surface area (Å²) >= 11 is 7.86. The zero-order valence-electron chi connectivity index (χ0n) is 12.9. The van der Waals surface area contributed by atoms with Gasteiger partial charge in [0.05, 0.1) is 6.54 Å². The minimum atomic E-state index is -4.12. The molecule has 1 fully saturated rings. The van der Waals surface area contributed by atoms with E-state index in [9.17, 15) is 13.2 Å². The molecule has 130 valence electrons. The Hall–Kier alpha value is -1.08. The summed E-state index contributed by atoms with van der Waals surface area (Å²) in [5.74, 6) is 0. The van der Waals surface area contributed by atoms with Gasteiger partial charge in [-0.05, 0) is 24.6 Å². The van der Waals surface area contributed by atoms with E-state index in [0.29, 0.717) is 19.6 Å². The monoisotopic (exact) mass is 374 g/mol. The Bertz CT molecular complexity index is 686. The summed E-state index contributed by atoms with van der Waals surface area (Å²) in [6, 6.07) is 11.9. The van der Waals surface area contributed by atoms with E-state index in [1.807, 2.05) is 36.4 Å². The van der Waals surface area contributed by atoms with Crippen LogP contribution in [0.1, 0.15) is 11.3 Å². The molecule has 0 unspecified atom stereocenters. The van der Waals surface area contributed by atoms with Crippen molar-refractivity contribution in [2.24, 2.45) is 0 Å². The fourth-order valence-electron chi connectivity index (χ4n) is 2.92. The number of halogens is 4. The Balaban J connectivity index is 1.53. The van der Waals surface area contributed by atoms with E-state index in [1.54, 1.807) is 11.3 Å². The normalized spacial score (nSPS) is 19.1. The van der Waals surface area contributed by atoms with Crippen molar-refractivity contribution in [1.82, 2.24) is 10.2 Å². The quantitative estimate of drug-likeness (QED) is 0.809. The van der Waals surface area contributed by atoms with Crippen LogP contribution in [-0.4, -0.2) is 36.8 Å². The Morgan fingerprint density at radius 2 is 2.00 bits per heavy atom. The molecule has 24 heavy (non-hydrogen) atoms. The van der Waals surface area contributed by atoms with Gasteiger partial charge in [0.25, 0.3) is 0 Å². The Labute approximate surface area is 148 Å². The van der Waals surface area contributed by atoms with Crippen molar-refractivity contribution in [2.45, 2.75) is 25.2 Å². The zero-order valence-corrected chi connectivity index (χ0v) is 14.5. The van der Waals surface area contributed by atoms with Crippen LogP contribution in [0.25, 0.3) is 10.4 Å². The van der Waals surface area contributed by atoms with Crippen molar-refractivity contribution in [2.75, 3.05) is 19.6 Å². The zero-order chi connectivity index (χ0) is 17.2. The first-order valence-corrected chi connectivity index (χ1v) is 8.96. The number of thiophene rings is 1. The van der Waals surface area contributed by atoms with Gasteiger partial charge >= 0.3 is 6.18 Å². The van der Waals surface area contributed by atoms with Crippen molar-refractivity contribution in [3.63, 3.8) is 0 Å². The number of alkyl halides is 3. The minimum absolute atomic E-state index is 0.109. The van der Waals surface area contributed by atoms with Gasteiger partial charge in [0, 0.05) is 46.0 Å². The summed E-state index contributed by atoms with van der Waals surface area (Å²) < 4.78 is 37.2. The molecule has 2 heterocycles. The van der Waals surface area contributed by atoms with Crippen LogP contribution in [0.5, 0.6) is 0 Å². The van der Waals surface area contributed by atoms with Gasteiger partial charge in [0.2, 0.25) is 0 Å². The van der Waals surface area contributed by atoms with Crippen molar-refractivity contribution < 1.29 is 13.2 Å². The molecule has 2 aromatic rings. The molecule has 1 aliphatic rings. The molecule has 1 aliphatic heterocycles. The van der Waals surface area contributed by atoms with Gasteiger partial charge in [-0.1, -0.05) is 29.8 Å². The summed E-state index contributed by atoms with van der Waals surface area (Å²) in [7, 11) is 0. The van der Waals surface area contributed by atoms with Crippen LogP contribution in [-0.2, 0) is 6.54 Å². The lowest BCUT2D eigenvalue weighted by Crippen LogP contribution is -2.36. The second-order valence-electron chi connectivity index (χ2n) is 5.96. The Kier molecular flexibility index (Phi) is 5.49. The lowest BCUT2D eigenvalue weighted by atomic mass is 10.2. The fraction of sp³-hybridized carbons (Fsp3) is 0.412. The molecule has 1 saturated heterocycles. The number of nitrogens with one attached hydrogen (secondary N) is 1. The van der Waals surface area contributed by atoms with Gasteiger partial charge < -0.3 is 5.32 Å². The van der Waals surface area contributed by atoms with Crippen LogP contribution >= 0.6 is 22.9 Å². The van der Waals surface area contributed by atoms with Gasteiger partial charge in [-0.15, -0.1) is 11.3 Å². The average molecular weight is 375 g/mol. The SMILES string of the molecule is FC(F)(F)CN1CC[C@H](NCc2ccc(-c3ccccc3Cl)s2)C1. The average Bonchev–Trinajstić information content (AvgIpc) is 3.13.